The highest BCUT2D eigenvalue weighted by molar-refractivity contribution is 5.77. The van der Waals surface area contributed by atoms with Crippen molar-refractivity contribution in [1.82, 2.24) is 10.6 Å². The molecular weight excluding hydrogens is 248 g/mol. The monoisotopic (exact) mass is 272 g/mol. The van der Waals surface area contributed by atoms with Gasteiger partial charge in [0.1, 0.15) is 0 Å². The zero-order chi connectivity index (χ0) is 14.5. The number of carboxylic acids is 1. The van der Waals surface area contributed by atoms with Gasteiger partial charge in [0.15, 0.2) is 0 Å². The molecule has 6 heteroatoms. The van der Waals surface area contributed by atoms with E-state index in [1.165, 1.54) is 0 Å². The van der Waals surface area contributed by atoms with E-state index in [9.17, 15) is 9.59 Å². The molecule has 0 atom stereocenters. The molecular formula is C13H24N2O4. The number of carboxylic acid groups (broad SMARTS) is 1. The lowest BCUT2D eigenvalue weighted by Crippen LogP contribution is -2.58. The Bertz CT molecular complexity index is 338. The molecule has 0 aromatic heterocycles. The number of hydrogen-bond acceptors (Lipinski definition) is 3. The highest BCUT2D eigenvalue weighted by atomic mass is 16.5. The van der Waals surface area contributed by atoms with E-state index in [-0.39, 0.29) is 12.5 Å². The molecule has 1 rings (SSSR count). The van der Waals surface area contributed by atoms with Gasteiger partial charge in [-0.05, 0) is 40.0 Å². The number of carbonyl (C=O) groups excluding carboxylic acids is 1. The van der Waals surface area contributed by atoms with Gasteiger partial charge in [0.05, 0.1) is 17.6 Å². The van der Waals surface area contributed by atoms with Crippen molar-refractivity contribution in [1.29, 1.82) is 0 Å². The van der Waals surface area contributed by atoms with Crippen LogP contribution >= 0.6 is 0 Å². The minimum absolute atomic E-state index is 0.0186. The van der Waals surface area contributed by atoms with E-state index >= 15 is 0 Å². The molecule has 0 unspecified atom stereocenters. The van der Waals surface area contributed by atoms with Gasteiger partial charge in [-0.15, -0.1) is 0 Å². The van der Waals surface area contributed by atoms with E-state index in [1.807, 2.05) is 20.8 Å². The number of hydrogen-bond donors (Lipinski definition) is 3. The van der Waals surface area contributed by atoms with Gasteiger partial charge < -0.3 is 20.5 Å². The summed E-state index contributed by atoms with van der Waals surface area (Å²) in [5.74, 6) is -0.880. The van der Waals surface area contributed by atoms with Crippen LogP contribution in [0, 0.1) is 0 Å². The molecule has 1 aliphatic carbocycles. The van der Waals surface area contributed by atoms with Crippen molar-refractivity contribution >= 4 is 12.0 Å². The highest BCUT2D eigenvalue weighted by Gasteiger charge is 2.40. The van der Waals surface area contributed by atoms with E-state index in [4.69, 9.17) is 9.84 Å². The number of carbonyl (C=O) groups is 2. The Hall–Kier alpha value is -1.30. The van der Waals surface area contributed by atoms with E-state index < -0.39 is 17.1 Å². The molecule has 0 spiro atoms. The molecule has 1 aliphatic rings. The number of ether oxygens (including phenoxy) is 1. The van der Waals surface area contributed by atoms with Crippen molar-refractivity contribution in [2.45, 2.75) is 57.6 Å². The molecule has 0 bridgehead atoms. The maximum atomic E-state index is 11.8. The second-order valence-electron chi connectivity index (χ2n) is 5.70. The van der Waals surface area contributed by atoms with Gasteiger partial charge in [-0.2, -0.15) is 0 Å². The number of rotatable bonds is 7. The maximum Gasteiger partial charge on any atom is 0.315 e. The number of amides is 2. The van der Waals surface area contributed by atoms with Gasteiger partial charge in [0.2, 0.25) is 0 Å². The van der Waals surface area contributed by atoms with Gasteiger partial charge in [0, 0.05) is 13.2 Å². The molecule has 0 saturated heterocycles. The first-order valence-electron chi connectivity index (χ1n) is 6.70. The number of urea groups is 1. The molecule has 6 nitrogen and oxygen atoms in total. The van der Waals surface area contributed by atoms with Crippen LogP contribution in [0.4, 0.5) is 4.79 Å². The minimum atomic E-state index is -0.880. The Morgan fingerprint density at radius 2 is 2.00 bits per heavy atom. The molecule has 0 aromatic carbocycles. The van der Waals surface area contributed by atoms with Crippen LogP contribution in [0.1, 0.15) is 46.5 Å². The summed E-state index contributed by atoms with van der Waals surface area (Å²) >= 11 is 0. The van der Waals surface area contributed by atoms with Crippen LogP contribution in [0.15, 0.2) is 0 Å². The number of aliphatic carboxylic acids is 1. The van der Waals surface area contributed by atoms with E-state index in [0.29, 0.717) is 13.2 Å². The Morgan fingerprint density at radius 3 is 2.42 bits per heavy atom. The summed E-state index contributed by atoms with van der Waals surface area (Å²) in [5.41, 5.74) is -0.989. The molecule has 0 heterocycles. The zero-order valence-electron chi connectivity index (χ0n) is 11.9. The lowest BCUT2D eigenvalue weighted by atomic mass is 9.74. The van der Waals surface area contributed by atoms with Crippen LogP contribution in [0.25, 0.3) is 0 Å². The summed E-state index contributed by atoms with van der Waals surface area (Å²) in [5, 5.41) is 14.4. The molecule has 3 N–H and O–H groups in total. The SMILES string of the molecule is CCOC(C)(C)CNC(=O)NC1(CC(=O)O)CCC1. The summed E-state index contributed by atoms with van der Waals surface area (Å²) in [4.78, 5) is 22.6. The first-order chi connectivity index (χ1) is 8.79. The molecule has 1 saturated carbocycles. The summed E-state index contributed by atoms with van der Waals surface area (Å²) in [7, 11) is 0. The Balaban J connectivity index is 2.40. The summed E-state index contributed by atoms with van der Waals surface area (Å²) in [6.45, 7) is 6.66. The molecule has 1 fully saturated rings. The minimum Gasteiger partial charge on any atom is -0.481 e. The summed E-state index contributed by atoms with van der Waals surface area (Å²) < 4.78 is 5.48. The topological polar surface area (TPSA) is 87.7 Å². The van der Waals surface area contributed by atoms with Crippen LogP contribution in [-0.2, 0) is 9.53 Å². The fourth-order valence-corrected chi connectivity index (χ4v) is 2.26. The van der Waals surface area contributed by atoms with Crippen molar-refractivity contribution in [3.8, 4) is 0 Å². The van der Waals surface area contributed by atoms with Gasteiger partial charge in [-0.1, -0.05) is 0 Å². The van der Waals surface area contributed by atoms with Crippen molar-refractivity contribution in [3.63, 3.8) is 0 Å². The molecule has 0 aliphatic heterocycles. The predicted molar refractivity (Wildman–Crippen MR) is 71.1 cm³/mol. The summed E-state index contributed by atoms with van der Waals surface area (Å²) in [6.07, 6.45) is 2.39. The molecule has 0 aromatic rings. The normalized spacial score (nSPS) is 17.4. The van der Waals surface area contributed by atoms with Crippen molar-refractivity contribution < 1.29 is 19.4 Å². The third kappa shape index (κ3) is 5.06. The second kappa shape index (κ2) is 6.23. The Morgan fingerprint density at radius 1 is 1.37 bits per heavy atom. The van der Waals surface area contributed by atoms with Crippen LogP contribution in [0.2, 0.25) is 0 Å². The third-order valence-electron chi connectivity index (χ3n) is 3.39. The maximum absolute atomic E-state index is 11.8. The lowest BCUT2D eigenvalue weighted by molar-refractivity contribution is -0.139. The quantitative estimate of drug-likeness (QED) is 0.655. The van der Waals surface area contributed by atoms with E-state index in [2.05, 4.69) is 10.6 Å². The van der Waals surface area contributed by atoms with Gasteiger partial charge in [-0.25, -0.2) is 4.79 Å². The van der Waals surface area contributed by atoms with Crippen LogP contribution in [-0.4, -0.2) is 41.4 Å². The standard InChI is InChI=1S/C13H24N2O4/c1-4-19-12(2,3)9-14-11(18)15-13(6-5-7-13)8-10(16)17/h4-9H2,1-3H3,(H,16,17)(H2,14,15,18). The van der Waals surface area contributed by atoms with Gasteiger partial charge in [0.25, 0.3) is 0 Å². The smallest absolute Gasteiger partial charge is 0.315 e. The molecule has 2 amide bonds. The van der Waals surface area contributed by atoms with Crippen LogP contribution < -0.4 is 10.6 Å². The zero-order valence-corrected chi connectivity index (χ0v) is 11.9. The molecule has 110 valence electrons. The van der Waals surface area contributed by atoms with Crippen molar-refractivity contribution in [2.75, 3.05) is 13.2 Å². The third-order valence-corrected chi connectivity index (χ3v) is 3.39. The molecule has 0 radical (unpaired) electrons. The van der Waals surface area contributed by atoms with Gasteiger partial charge in [-0.3, -0.25) is 4.79 Å². The fraction of sp³-hybridized carbons (Fsp3) is 0.846. The Kier molecular flexibility index (Phi) is 5.17. The highest BCUT2D eigenvalue weighted by Crippen LogP contribution is 2.34. The fourth-order valence-electron chi connectivity index (χ4n) is 2.26. The average Bonchev–Trinajstić information content (AvgIpc) is 2.23. The lowest BCUT2D eigenvalue weighted by Gasteiger charge is -2.41. The second-order valence-corrected chi connectivity index (χ2v) is 5.70. The van der Waals surface area contributed by atoms with Crippen LogP contribution in [0.3, 0.4) is 0 Å². The largest absolute Gasteiger partial charge is 0.481 e. The van der Waals surface area contributed by atoms with Crippen LogP contribution in [0.5, 0.6) is 0 Å². The van der Waals surface area contributed by atoms with E-state index in [1.54, 1.807) is 0 Å². The van der Waals surface area contributed by atoms with Gasteiger partial charge >= 0.3 is 12.0 Å². The summed E-state index contributed by atoms with van der Waals surface area (Å²) in [6, 6.07) is -0.325. The average molecular weight is 272 g/mol. The number of nitrogens with one attached hydrogen (secondary N) is 2. The first kappa shape index (κ1) is 15.8. The molecule has 19 heavy (non-hydrogen) atoms. The first-order valence-corrected chi connectivity index (χ1v) is 6.70. The predicted octanol–water partition coefficient (Wildman–Crippen LogP) is 1.50. The van der Waals surface area contributed by atoms with E-state index in [0.717, 1.165) is 19.3 Å². The Labute approximate surface area is 113 Å². The van der Waals surface area contributed by atoms with Crippen molar-refractivity contribution in [2.24, 2.45) is 0 Å². The van der Waals surface area contributed by atoms with Crippen molar-refractivity contribution in [3.05, 3.63) is 0 Å².